The van der Waals surface area contributed by atoms with Crippen molar-refractivity contribution in [1.29, 1.82) is 0 Å². The van der Waals surface area contributed by atoms with Gasteiger partial charge in [-0.05, 0) is 52.2 Å². The molecule has 0 radical (unpaired) electrons. The third-order valence-electron chi connectivity index (χ3n) is 6.65. The quantitative estimate of drug-likeness (QED) is 0.688. The van der Waals surface area contributed by atoms with Crippen LogP contribution in [0, 0.1) is 0 Å². The number of imidazole rings is 1. The fourth-order valence-electron chi connectivity index (χ4n) is 4.89. The zero-order chi connectivity index (χ0) is 24.8. The summed E-state index contributed by atoms with van der Waals surface area (Å²) in [6.45, 7) is 6.76. The van der Waals surface area contributed by atoms with Crippen molar-refractivity contribution in [2.45, 2.75) is 64.1 Å². The lowest BCUT2D eigenvalue weighted by Gasteiger charge is -2.38. The van der Waals surface area contributed by atoms with E-state index in [-0.39, 0.29) is 30.2 Å². The Morgan fingerprint density at radius 1 is 1.12 bits per heavy atom. The number of nitrogens with one attached hydrogen (secondary N) is 1. The van der Waals surface area contributed by atoms with E-state index >= 15 is 0 Å². The van der Waals surface area contributed by atoms with E-state index in [9.17, 15) is 19.2 Å². The minimum absolute atomic E-state index is 0.179. The first kappa shape index (κ1) is 23.8. The van der Waals surface area contributed by atoms with Crippen LogP contribution in [-0.4, -0.2) is 63.7 Å². The number of hydrogen-bond donors (Lipinski definition) is 1. The van der Waals surface area contributed by atoms with Crippen LogP contribution in [0.2, 0.25) is 0 Å². The number of anilines is 1. The molecule has 1 aromatic carbocycles. The molecule has 2 aliphatic rings. The number of piperidine rings is 2. The van der Waals surface area contributed by atoms with Gasteiger partial charge in [-0.3, -0.25) is 24.0 Å². The van der Waals surface area contributed by atoms with Gasteiger partial charge < -0.3 is 14.5 Å². The van der Waals surface area contributed by atoms with Gasteiger partial charge in [0.05, 0.1) is 16.7 Å². The first-order valence-electron chi connectivity index (χ1n) is 11.7. The second-order valence-electron chi connectivity index (χ2n) is 10.1. The molecule has 1 atom stereocenters. The number of rotatable bonds is 3. The summed E-state index contributed by atoms with van der Waals surface area (Å²) in [5.41, 5.74) is 1.48. The van der Waals surface area contributed by atoms with Crippen molar-refractivity contribution in [3.8, 4) is 0 Å². The maximum Gasteiger partial charge on any atom is 0.410 e. The van der Waals surface area contributed by atoms with E-state index in [1.807, 2.05) is 46.0 Å². The van der Waals surface area contributed by atoms with Gasteiger partial charge in [0.2, 0.25) is 11.8 Å². The average Bonchev–Trinajstić information content (AvgIpc) is 3.03. The van der Waals surface area contributed by atoms with Crippen molar-refractivity contribution in [1.82, 2.24) is 19.4 Å². The van der Waals surface area contributed by atoms with Gasteiger partial charge in [0, 0.05) is 39.6 Å². The Balaban J connectivity index is 1.59. The smallest absolute Gasteiger partial charge is 0.410 e. The van der Waals surface area contributed by atoms with E-state index < -0.39 is 17.6 Å². The first-order valence-corrected chi connectivity index (χ1v) is 11.7. The lowest BCUT2D eigenvalue weighted by Crippen LogP contribution is -2.47. The number of fused-ring (bicyclic) bond motifs is 1. The summed E-state index contributed by atoms with van der Waals surface area (Å²) in [4.78, 5) is 53.6. The van der Waals surface area contributed by atoms with Crippen LogP contribution in [-0.2, 0) is 21.4 Å². The topological polar surface area (TPSA) is 106 Å². The standard InChI is InChI=1S/C24H33N5O5/c1-24(2,3)34-23(33)28-13-11-15(12-14-28)26(4)16-7-6-8-17-20(16)27(5)22(32)29(17)18-9-10-19(30)25-21(18)31/h6-8,15,18H,9-14H2,1-5H3,(H,25,30,31). The molecule has 1 N–H and O–H groups in total. The summed E-state index contributed by atoms with van der Waals surface area (Å²) in [5, 5.41) is 2.35. The normalized spacial score (nSPS) is 19.9. The molecule has 0 aliphatic carbocycles. The highest BCUT2D eigenvalue weighted by Crippen LogP contribution is 2.31. The molecule has 2 fully saturated rings. The van der Waals surface area contributed by atoms with Crippen LogP contribution < -0.4 is 15.9 Å². The molecule has 2 saturated heterocycles. The van der Waals surface area contributed by atoms with Crippen LogP contribution in [0.15, 0.2) is 23.0 Å². The zero-order valence-electron chi connectivity index (χ0n) is 20.5. The second-order valence-corrected chi connectivity index (χ2v) is 10.1. The summed E-state index contributed by atoms with van der Waals surface area (Å²) >= 11 is 0. The predicted molar refractivity (Wildman–Crippen MR) is 128 cm³/mol. The number of carbonyl (C=O) groups is 3. The monoisotopic (exact) mass is 471 g/mol. The molecule has 4 rings (SSSR count). The molecular formula is C24H33N5O5. The van der Waals surface area contributed by atoms with Gasteiger partial charge in [-0.1, -0.05) is 6.07 Å². The Bertz CT molecular complexity index is 1180. The van der Waals surface area contributed by atoms with Crippen LogP contribution in [0.5, 0.6) is 0 Å². The van der Waals surface area contributed by atoms with Crippen molar-refractivity contribution in [2.24, 2.45) is 7.05 Å². The Morgan fingerprint density at radius 3 is 2.41 bits per heavy atom. The SMILES string of the molecule is CN(c1cccc2c1n(C)c(=O)n2C1CCC(=O)NC1=O)C1CCN(C(=O)OC(C)(C)C)CC1. The van der Waals surface area contributed by atoms with Gasteiger partial charge in [0.1, 0.15) is 11.6 Å². The van der Waals surface area contributed by atoms with Crippen molar-refractivity contribution in [3.63, 3.8) is 0 Å². The van der Waals surface area contributed by atoms with Gasteiger partial charge in [-0.15, -0.1) is 0 Å². The minimum atomic E-state index is -0.716. The number of likely N-dealkylation sites (tertiary alicyclic amines) is 1. The second kappa shape index (κ2) is 8.81. The molecule has 2 aromatic rings. The van der Waals surface area contributed by atoms with Crippen molar-refractivity contribution in [2.75, 3.05) is 25.0 Å². The molecular weight excluding hydrogens is 438 g/mol. The number of aromatic nitrogens is 2. The Kier molecular flexibility index (Phi) is 6.18. The highest BCUT2D eigenvalue weighted by atomic mass is 16.6. The van der Waals surface area contributed by atoms with E-state index in [0.29, 0.717) is 25.0 Å². The molecule has 0 saturated carbocycles. The fraction of sp³-hybridized carbons (Fsp3) is 0.583. The van der Waals surface area contributed by atoms with E-state index in [0.717, 1.165) is 24.0 Å². The van der Waals surface area contributed by atoms with Gasteiger partial charge in [0.25, 0.3) is 0 Å². The summed E-state index contributed by atoms with van der Waals surface area (Å²) in [5.74, 6) is -0.758. The maximum atomic E-state index is 13.2. The minimum Gasteiger partial charge on any atom is -0.444 e. The highest BCUT2D eigenvalue weighted by Gasteiger charge is 2.33. The third kappa shape index (κ3) is 4.41. The Labute approximate surface area is 198 Å². The first-order chi connectivity index (χ1) is 16.0. The van der Waals surface area contributed by atoms with Crippen LogP contribution in [0.25, 0.3) is 11.0 Å². The lowest BCUT2D eigenvalue weighted by atomic mass is 10.0. The lowest BCUT2D eigenvalue weighted by molar-refractivity contribution is -0.135. The molecule has 34 heavy (non-hydrogen) atoms. The molecule has 10 nitrogen and oxygen atoms in total. The summed E-state index contributed by atoms with van der Waals surface area (Å²) in [7, 11) is 3.70. The summed E-state index contributed by atoms with van der Waals surface area (Å²) < 4.78 is 8.57. The largest absolute Gasteiger partial charge is 0.444 e. The van der Waals surface area contributed by atoms with Crippen LogP contribution in [0.1, 0.15) is 52.5 Å². The molecule has 3 heterocycles. The van der Waals surface area contributed by atoms with Gasteiger partial charge in [-0.2, -0.15) is 0 Å². The summed E-state index contributed by atoms with van der Waals surface area (Å²) in [6.07, 6.45) is 1.75. The molecule has 3 amide bonds. The number of imide groups is 1. The Morgan fingerprint density at radius 2 is 1.79 bits per heavy atom. The number of amides is 3. The molecule has 0 bridgehead atoms. The number of aryl methyl sites for hydroxylation is 1. The molecule has 10 heteroatoms. The summed E-state index contributed by atoms with van der Waals surface area (Å²) in [6, 6.07) is 5.15. The van der Waals surface area contributed by atoms with Gasteiger partial charge in [0.15, 0.2) is 0 Å². The zero-order valence-corrected chi connectivity index (χ0v) is 20.5. The molecule has 184 valence electrons. The van der Waals surface area contributed by atoms with E-state index in [1.165, 1.54) is 4.57 Å². The number of ether oxygens (including phenoxy) is 1. The number of benzene rings is 1. The molecule has 1 unspecified atom stereocenters. The molecule has 2 aliphatic heterocycles. The molecule has 1 aromatic heterocycles. The van der Waals surface area contributed by atoms with E-state index in [2.05, 4.69) is 10.2 Å². The average molecular weight is 472 g/mol. The number of carbonyl (C=O) groups excluding carboxylic acids is 3. The van der Waals surface area contributed by atoms with Crippen LogP contribution in [0.3, 0.4) is 0 Å². The maximum absolute atomic E-state index is 13.2. The number of nitrogens with zero attached hydrogens (tertiary/aromatic N) is 4. The Hall–Kier alpha value is -3.30. The van der Waals surface area contributed by atoms with E-state index in [4.69, 9.17) is 4.74 Å². The fourth-order valence-corrected chi connectivity index (χ4v) is 4.89. The van der Waals surface area contributed by atoms with Gasteiger partial charge >= 0.3 is 11.8 Å². The van der Waals surface area contributed by atoms with E-state index in [1.54, 1.807) is 16.5 Å². The molecule has 0 spiro atoms. The predicted octanol–water partition coefficient (Wildman–Crippen LogP) is 2.15. The van der Waals surface area contributed by atoms with Crippen LogP contribution in [0.4, 0.5) is 10.5 Å². The van der Waals surface area contributed by atoms with Crippen LogP contribution >= 0.6 is 0 Å². The van der Waals surface area contributed by atoms with Gasteiger partial charge in [-0.25, -0.2) is 9.59 Å². The van der Waals surface area contributed by atoms with Crippen molar-refractivity contribution in [3.05, 3.63) is 28.7 Å². The highest BCUT2D eigenvalue weighted by molar-refractivity contribution is 6.00. The number of hydrogen-bond acceptors (Lipinski definition) is 6. The number of para-hydroxylation sites is 1. The van der Waals surface area contributed by atoms with Crippen molar-refractivity contribution < 1.29 is 19.1 Å². The third-order valence-corrected chi connectivity index (χ3v) is 6.65. The van der Waals surface area contributed by atoms with Crippen molar-refractivity contribution >= 4 is 34.6 Å².